The Morgan fingerprint density at radius 3 is 2.71 bits per heavy atom. The normalized spacial score (nSPS) is 17.8. The van der Waals surface area contributed by atoms with Crippen molar-refractivity contribution in [3.05, 3.63) is 4.88 Å². The van der Waals surface area contributed by atoms with Gasteiger partial charge in [0.2, 0.25) is 0 Å². The molecule has 1 saturated heterocycles. The molecule has 2 rings (SSSR count). The molecule has 0 aromatic carbocycles. The van der Waals surface area contributed by atoms with E-state index in [0.717, 1.165) is 18.1 Å². The van der Waals surface area contributed by atoms with Gasteiger partial charge in [-0.15, -0.1) is 0 Å². The molecule has 0 spiro atoms. The number of rotatable bonds is 4. The van der Waals surface area contributed by atoms with E-state index in [9.17, 15) is 9.90 Å². The lowest BCUT2D eigenvalue weighted by Crippen LogP contribution is -2.45. The van der Waals surface area contributed by atoms with E-state index in [0.29, 0.717) is 36.6 Å². The van der Waals surface area contributed by atoms with Gasteiger partial charge in [0.05, 0.1) is 5.60 Å². The number of carbonyl (C=O) groups excluding carboxylic acids is 1. The maximum Gasteiger partial charge on any atom is 0.267 e. The van der Waals surface area contributed by atoms with Gasteiger partial charge in [-0.1, -0.05) is 18.3 Å². The number of nitrogens with two attached hydrogens (primary N) is 1. The number of hydrogen-bond donors (Lipinski definition) is 2. The van der Waals surface area contributed by atoms with Crippen LogP contribution in [0, 0.1) is 0 Å². The first kappa shape index (κ1) is 16.0. The highest BCUT2D eigenvalue weighted by Gasteiger charge is 2.31. The Morgan fingerprint density at radius 1 is 1.52 bits per heavy atom. The van der Waals surface area contributed by atoms with E-state index in [1.54, 1.807) is 4.90 Å². The lowest BCUT2D eigenvalue weighted by atomic mass is 9.94. The fourth-order valence-corrected chi connectivity index (χ4v) is 3.34. The standard InChI is InChI=1S/C14H24N4O2S/c1-4-7-17(3)13-16-11(15)10(21-13)12(19)18-8-5-14(2,20)6-9-18/h20H,4-9,15H2,1-3H3. The summed E-state index contributed by atoms with van der Waals surface area (Å²) in [6, 6.07) is 0. The smallest absolute Gasteiger partial charge is 0.267 e. The van der Waals surface area contributed by atoms with E-state index in [1.807, 2.05) is 18.9 Å². The number of piperidine rings is 1. The molecule has 1 aliphatic heterocycles. The van der Waals surface area contributed by atoms with Gasteiger partial charge < -0.3 is 20.6 Å². The number of hydrogen-bond acceptors (Lipinski definition) is 6. The van der Waals surface area contributed by atoms with Crippen molar-refractivity contribution < 1.29 is 9.90 Å². The van der Waals surface area contributed by atoms with Gasteiger partial charge in [0.25, 0.3) is 5.91 Å². The molecule has 6 nitrogen and oxygen atoms in total. The molecule has 0 aliphatic carbocycles. The maximum atomic E-state index is 12.5. The number of likely N-dealkylation sites (tertiary alicyclic amines) is 1. The number of nitrogen functional groups attached to an aromatic ring is 1. The molecule has 1 amide bonds. The summed E-state index contributed by atoms with van der Waals surface area (Å²) in [6.45, 7) is 5.91. The van der Waals surface area contributed by atoms with E-state index >= 15 is 0 Å². The second-order valence-electron chi connectivity index (χ2n) is 5.92. The van der Waals surface area contributed by atoms with Crippen LogP contribution in [0.2, 0.25) is 0 Å². The van der Waals surface area contributed by atoms with Crippen LogP contribution >= 0.6 is 11.3 Å². The Bertz CT molecular complexity index is 505. The first-order valence-electron chi connectivity index (χ1n) is 7.33. The van der Waals surface area contributed by atoms with E-state index < -0.39 is 5.60 Å². The van der Waals surface area contributed by atoms with Crippen LogP contribution in [-0.4, -0.2) is 53.2 Å². The monoisotopic (exact) mass is 312 g/mol. The van der Waals surface area contributed by atoms with Gasteiger partial charge in [0.1, 0.15) is 10.7 Å². The number of nitrogens with zero attached hydrogens (tertiary/aromatic N) is 3. The molecule has 1 aliphatic rings. The number of aliphatic hydroxyl groups is 1. The molecule has 1 fully saturated rings. The van der Waals surface area contributed by atoms with Crippen molar-refractivity contribution in [1.82, 2.24) is 9.88 Å². The molecule has 0 unspecified atom stereocenters. The highest BCUT2D eigenvalue weighted by molar-refractivity contribution is 7.18. The summed E-state index contributed by atoms with van der Waals surface area (Å²) in [7, 11) is 1.95. The third-order valence-electron chi connectivity index (χ3n) is 3.85. The largest absolute Gasteiger partial charge is 0.390 e. The Kier molecular flexibility index (Phi) is 4.73. The number of anilines is 2. The molecule has 0 atom stereocenters. The van der Waals surface area contributed by atoms with Crippen LogP contribution in [0.5, 0.6) is 0 Å². The maximum absolute atomic E-state index is 12.5. The molecule has 1 aromatic heterocycles. The minimum Gasteiger partial charge on any atom is -0.390 e. The van der Waals surface area contributed by atoms with Crippen molar-refractivity contribution in [2.75, 3.05) is 37.3 Å². The SMILES string of the molecule is CCCN(C)c1nc(N)c(C(=O)N2CCC(C)(O)CC2)s1. The molecular formula is C14H24N4O2S. The summed E-state index contributed by atoms with van der Waals surface area (Å²) in [5.74, 6) is 0.233. The third kappa shape index (κ3) is 3.65. The van der Waals surface area contributed by atoms with Crippen molar-refractivity contribution >= 4 is 28.2 Å². The average molecular weight is 312 g/mol. The summed E-state index contributed by atoms with van der Waals surface area (Å²) >= 11 is 1.35. The van der Waals surface area contributed by atoms with Crippen molar-refractivity contribution in [2.24, 2.45) is 0 Å². The van der Waals surface area contributed by atoms with Gasteiger partial charge in [0.15, 0.2) is 5.13 Å². The Labute approximate surface area is 129 Å². The average Bonchev–Trinajstić information content (AvgIpc) is 2.80. The molecule has 2 heterocycles. The molecule has 3 N–H and O–H groups in total. The minimum atomic E-state index is -0.664. The zero-order valence-corrected chi connectivity index (χ0v) is 13.7. The first-order chi connectivity index (χ1) is 9.84. The summed E-state index contributed by atoms with van der Waals surface area (Å²) in [5.41, 5.74) is 5.25. The molecule has 0 bridgehead atoms. The first-order valence-corrected chi connectivity index (χ1v) is 8.15. The van der Waals surface area contributed by atoms with Crippen molar-refractivity contribution in [3.63, 3.8) is 0 Å². The van der Waals surface area contributed by atoms with Crippen molar-refractivity contribution in [3.8, 4) is 0 Å². The Hall–Kier alpha value is -1.34. The zero-order chi connectivity index (χ0) is 15.6. The third-order valence-corrected chi connectivity index (χ3v) is 5.02. The topological polar surface area (TPSA) is 82.7 Å². The molecule has 118 valence electrons. The van der Waals surface area contributed by atoms with Crippen LogP contribution in [0.4, 0.5) is 10.9 Å². The fourth-order valence-electron chi connectivity index (χ4n) is 2.40. The van der Waals surface area contributed by atoms with Crippen LogP contribution < -0.4 is 10.6 Å². The van der Waals surface area contributed by atoms with E-state index in [-0.39, 0.29) is 5.91 Å². The van der Waals surface area contributed by atoms with Gasteiger partial charge >= 0.3 is 0 Å². The van der Waals surface area contributed by atoms with Gasteiger partial charge in [-0.2, -0.15) is 0 Å². The molecule has 21 heavy (non-hydrogen) atoms. The second-order valence-corrected chi connectivity index (χ2v) is 6.90. The van der Waals surface area contributed by atoms with Crippen LogP contribution in [0.1, 0.15) is 42.8 Å². The van der Waals surface area contributed by atoms with E-state index in [1.165, 1.54) is 11.3 Å². The fraction of sp³-hybridized carbons (Fsp3) is 0.714. The number of amides is 1. The van der Waals surface area contributed by atoms with Crippen LogP contribution in [0.3, 0.4) is 0 Å². The predicted molar refractivity (Wildman–Crippen MR) is 85.8 cm³/mol. The van der Waals surface area contributed by atoms with Gasteiger partial charge in [0, 0.05) is 26.7 Å². The summed E-state index contributed by atoms with van der Waals surface area (Å²) in [6.07, 6.45) is 2.21. The highest BCUT2D eigenvalue weighted by Crippen LogP contribution is 2.30. The van der Waals surface area contributed by atoms with E-state index in [2.05, 4.69) is 11.9 Å². The van der Waals surface area contributed by atoms with Gasteiger partial charge in [-0.25, -0.2) is 4.98 Å². The highest BCUT2D eigenvalue weighted by atomic mass is 32.1. The molecule has 7 heteroatoms. The summed E-state index contributed by atoms with van der Waals surface area (Å²) < 4.78 is 0. The molecule has 1 aromatic rings. The van der Waals surface area contributed by atoms with Gasteiger partial charge in [-0.3, -0.25) is 4.79 Å². The van der Waals surface area contributed by atoms with Crippen LogP contribution in [-0.2, 0) is 0 Å². The van der Waals surface area contributed by atoms with Crippen molar-refractivity contribution in [1.29, 1.82) is 0 Å². The molecule has 0 radical (unpaired) electrons. The van der Waals surface area contributed by atoms with Crippen molar-refractivity contribution in [2.45, 2.75) is 38.7 Å². The summed E-state index contributed by atoms with van der Waals surface area (Å²) in [4.78, 5) is 21.1. The molecular weight excluding hydrogens is 288 g/mol. The van der Waals surface area contributed by atoms with Crippen LogP contribution in [0.15, 0.2) is 0 Å². The van der Waals surface area contributed by atoms with Crippen LogP contribution in [0.25, 0.3) is 0 Å². The quantitative estimate of drug-likeness (QED) is 0.881. The van der Waals surface area contributed by atoms with Gasteiger partial charge in [-0.05, 0) is 26.2 Å². The second kappa shape index (κ2) is 6.19. The zero-order valence-electron chi connectivity index (χ0n) is 12.9. The number of carbonyl (C=O) groups is 1. The summed E-state index contributed by atoms with van der Waals surface area (Å²) in [5, 5.41) is 10.7. The number of thiazole rings is 1. The lowest BCUT2D eigenvalue weighted by molar-refractivity contribution is -0.00185. The predicted octanol–water partition coefficient (Wildman–Crippen LogP) is 1.56. The van der Waals surface area contributed by atoms with E-state index in [4.69, 9.17) is 5.73 Å². The molecule has 0 saturated carbocycles. The lowest BCUT2D eigenvalue weighted by Gasteiger charge is -2.35. The Morgan fingerprint density at radius 2 is 2.14 bits per heavy atom. The Balaban J connectivity index is 2.09. The minimum absolute atomic E-state index is 0.0725. The number of aromatic nitrogens is 1.